The van der Waals surface area contributed by atoms with Gasteiger partial charge in [0.2, 0.25) is 5.91 Å². The maximum Gasteiger partial charge on any atom is 0.262 e. The first-order chi connectivity index (χ1) is 7.88. The first-order valence-electron chi connectivity index (χ1n) is 4.95. The number of hydrogen-bond acceptors (Lipinski definition) is 3. The number of halogens is 2. The Bertz CT molecular complexity index is 583. The van der Waals surface area contributed by atoms with Crippen molar-refractivity contribution in [2.75, 3.05) is 5.32 Å². The number of carbonyl (C=O) groups excluding carboxylic acids is 1. The van der Waals surface area contributed by atoms with E-state index in [1.165, 1.54) is 12.1 Å². The average Bonchev–Trinajstić information content (AvgIpc) is 2.35. The molecule has 17 heavy (non-hydrogen) atoms. The number of benzene rings is 1. The van der Waals surface area contributed by atoms with Crippen molar-refractivity contribution >= 4 is 42.9 Å². The van der Waals surface area contributed by atoms with E-state index in [4.69, 9.17) is 22.3 Å². The molecule has 0 bridgehead atoms. The van der Waals surface area contributed by atoms with E-state index < -0.39 is 9.05 Å². The minimum Gasteiger partial charge on any atom is -0.326 e. The Kier molecular flexibility index (Phi) is 3.34. The maximum absolute atomic E-state index is 11.3. The topological polar surface area (TPSA) is 63.2 Å². The summed E-state index contributed by atoms with van der Waals surface area (Å²) in [6, 6.07) is 2.85. The predicted octanol–water partition coefficient (Wildman–Crippen LogP) is 2.54. The standard InChI is InChI=1S/C10H9Cl2NO3S/c11-7-5-8-6(2-1-3-10(14)13-8)4-9(7)17(12,15)16/h4-5H,1-3H2,(H,13,14). The van der Waals surface area contributed by atoms with Crippen LogP contribution in [-0.2, 0) is 20.3 Å². The van der Waals surface area contributed by atoms with Crippen LogP contribution in [0.1, 0.15) is 18.4 Å². The summed E-state index contributed by atoms with van der Waals surface area (Å²) in [5.74, 6) is -0.0960. The Labute approximate surface area is 108 Å². The lowest BCUT2D eigenvalue weighted by atomic mass is 10.1. The number of carbonyl (C=O) groups is 1. The van der Waals surface area contributed by atoms with Crippen LogP contribution in [0.3, 0.4) is 0 Å². The van der Waals surface area contributed by atoms with E-state index in [0.29, 0.717) is 24.9 Å². The van der Waals surface area contributed by atoms with Crippen LogP contribution in [0.5, 0.6) is 0 Å². The van der Waals surface area contributed by atoms with Crippen LogP contribution in [0, 0.1) is 0 Å². The van der Waals surface area contributed by atoms with Crippen molar-refractivity contribution in [3.63, 3.8) is 0 Å². The molecule has 0 radical (unpaired) electrons. The first-order valence-corrected chi connectivity index (χ1v) is 7.63. The van der Waals surface area contributed by atoms with E-state index in [0.717, 1.165) is 5.56 Å². The summed E-state index contributed by atoms with van der Waals surface area (Å²) >= 11 is 5.83. The molecule has 1 aromatic rings. The van der Waals surface area contributed by atoms with Gasteiger partial charge in [-0.25, -0.2) is 8.42 Å². The summed E-state index contributed by atoms with van der Waals surface area (Å²) < 4.78 is 22.6. The molecule has 1 heterocycles. The zero-order valence-electron chi connectivity index (χ0n) is 8.66. The number of fused-ring (bicyclic) bond motifs is 1. The fourth-order valence-corrected chi connectivity index (χ4v) is 3.30. The molecule has 1 aliphatic rings. The number of rotatable bonds is 1. The van der Waals surface area contributed by atoms with E-state index in [2.05, 4.69) is 5.32 Å². The fraction of sp³-hybridized carbons (Fsp3) is 0.300. The van der Waals surface area contributed by atoms with Crippen LogP contribution in [0.2, 0.25) is 5.02 Å². The Balaban J connectivity index is 2.57. The van der Waals surface area contributed by atoms with Gasteiger partial charge in [0.25, 0.3) is 9.05 Å². The molecule has 0 aromatic heterocycles. The molecule has 0 saturated carbocycles. The fourth-order valence-electron chi connectivity index (χ4n) is 1.76. The molecular formula is C10H9Cl2NO3S. The summed E-state index contributed by atoms with van der Waals surface area (Å²) in [6.45, 7) is 0. The van der Waals surface area contributed by atoms with Crippen LogP contribution < -0.4 is 5.32 Å². The maximum atomic E-state index is 11.3. The highest BCUT2D eigenvalue weighted by atomic mass is 35.7. The van der Waals surface area contributed by atoms with Gasteiger partial charge in [-0.05, 0) is 30.5 Å². The lowest BCUT2D eigenvalue weighted by Gasteiger charge is -2.09. The summed E-state index contributed by atoms with van der Waals surface area (Å²) in [5.41, 5.74) is 1.29. The van der Waals surface area contributed by atoms with Gasteiger partial charge in [0.05, 0.1) is 5.02 Å². The van der Waals surface area contributed by atoms with Gasteiger partial charge < -0.3 is 5.32 Å². The second-order valence-corrected chi connectivity index (χ2v) is 6.72. The molecule has 2 rings (SSSR count). The summed E-state index contributed by atoms with van der Waals surface area (Å²) in [7, 11) is 1.41. The van der Waals surface area contributed by atoms with E-state index in [1.54, 1.807) is 0 Å². The number of amides is 1. The van der Waals surface area contributed by atoms with Crippen molar-refractivity contribution in [2.24, 2.45) is 0 Å². The summed E-state index contributed by atoms with van der Waals surface area (Å²) in [6.07, 6.45) is 1.70. The van der Waals surface area contributed by atoms with Crippen LogP contribution in [0.25, 0.3) is 0 Å². The predicted molar refractivity (Wildman–Crippen MR) is 66.1 cm³/mol. The van der Waals surface area contributed by atoms with Gasteiger partial charge in [-0.1, -0.05) is 11.6 Å². The van der Waals surface area contributed by atoms with E-state index in [-0.39, 0.29) is 15.8 Å². The van der Waals surface area contributed by atoms with Crippen LogP contribution in [-0.4, -0.2) is 14.3 Å². The van der Waals surface area contributed by atoms with Gasteiger partial charge in [0, 0.05) is 22.8 Å². The highest BCUT2D eigenvalue weighted by Gasteiger charge is 2.20. The Morgan fingerprint density at radius 1 is 1.24 bits per heavy atom. The van der Waals surface area contributed by atoms with Crippen LogP contribution in [0.4, 0.5) is 5.69 Å². The van der Waals surface area contributed by atoms with Gasteiger partial charge in [-0.2, -0.15) is 0 Å². The highest BCUT2D eigenvalue weighted by Crippen LogP contribution is 2.32. The van der Waals surface area contributed by atoms with E-state index >= 15 is 0 Å². The summed E-state index contributed by atoms with van der Waals surface area (Å²) in [5, 5.41) is 2.70. The molecule has 92 valence electrons. The molecule has 1 aliphatic heterocycles. The Hall–Kier alpha value is -0.780. The molecule has 0 fully saturated rings. The number of anilines is 1. The minimum atomic E-state index is -3.86. The number of nitrogens with one attached hydrogen (secondary N) is 1. The van der Waals surface area contributed by atoms with Gasteiger partial charge >= 0.3 is 0 Å². The average molecular weight is 294 g/mol. The monoisotopic (exact) mass is 293 g/mol. The SMILES string of the molecule is O=C1CCCc2cc(S(=O)(=O)Cl)c(Cl)cc2N1. The highest BCUT2D eigenvalue weighted by molar-refractivity contribution is 8.13. The molecule has 0 aliphatic carbocycles. The third kappa shape index (κ3) is 2.73. The Morgan fingerprint density at radius 2 is 1.94 bits per heavy atom. The minimum absolute atomic E-state index is 0.0148. The number of hydrogen-bond donors (Lipinski definition) is 1. The first kappa shape index (κ1) is 12.7. The molecule has 0 unspecified atom stereocenters. The van der Waals surface area contributed by atoms with E-state index in [1.807, 2.05) is 0 Å². The lowest BCUT2D eigenvalue weighted by Crippen LogP contribution is -2.09. The zero-order chi connectivity index (χ0) is 12.6. The van der Waals surface area contributed by atoms with E-state index in [9.17, 15) is 13.2 Å². The van der Waals surface area contributed by atoms with Crippen LogP contribution in [0.15, 0.2) is 17.0 Å². The van der Waals surface area contributed by atoms with Crippen molar-refractivity contribution < 1.29 is 13.2 Å². The lowest BCUT2D eigenvalue weighted by molar-refractivity contribution is -0.116. The normalized spacial score (nSPS) is 16.0. The smallest absolute Gasteiger partial charge is 0.262 e. The number of aryl methyl sites for hydroxylation is 1. The van der Waals surface area contributed by atoms with Crippen molar-refractivity contribution in [1.82, 2.24) is 0 Å². The second kappa shape index (κ2) is 4.48. The summed E-state index contributed by atoms with van der Waals surface area (Å²) in [4.78, 5) is 11.2. The Morgan fingerprint density at radius 3 is 2.59 bits per heavy atom. The molecule has 1 N–H and O–H groups in total. The van der Waals surface area contributed by atoms with Gasteiger partial charge in [0.1, 0.15) is 4.90 Å². The molecule has 7 heteroatoms. The quantitative estimate of drug-likeness (QED) is 0.810. The van der Waals surface area contributed by atoms with Crippen molar-refractivity contribution in [3.05, 3.63) is 22.7 Å². The van der Waals surface area contributed by atoms with Crippen LogP contribution >= 0.6 is 22.3 Å². The van der Waals surface area contributed by atoms with Crippen molar-refractivity contribution in [3.8, 4) is 0 Å². The molecule has 4 nitrogen and oxygen atoms in total. The van der Waals surface area contributed by atoms with Gasteiger partial charge in [0.15, 0.2) is 0 Å². The molecule has 0 saturated heterocycles. The molecule has 0 atom stereocenters. The second-order valence-electron chi connectivity index (χ2n) is 3.78. The largest absolute Gasteiger partial charge is 0.326 e. The third-order valence-corrected chi connectivity index (χ3v) is 4.33. The zero-order valence-corrected chi connectivity index (χ0v) is 11.0. The van der Waals surface area contributed by atoms with Crippen molar-refractivity contribution in [1.29, 1.82) is 0 Å². The third-order valence-electron chi connectivity index (χ3n) is 2.54. The molecule has 0 spiro atoms. The van der Waals surface area contributed by atoms with Gasteiger partial charge in [-0.15, -0.1) is 0 Å². The van der Waals surface area contributed by atoms with Gasteiger partial charge in [-0.3, -0.25) is 4.79 Å². The van der Waals surface area contributed by atoms with Crippen molar-refractivity contribution in [2.45, 2.75) is 24.2 Å². The molecular weight excluding hydrogens is 285 g/mol. The molecule has 1 aromatic carbocycles. The molecule has 1 amide bonds.